The van der Waals surface area contributed by atoms with Crippen LogP contribution in [0.4, 0.5) is 4.39 Å². The van der Waals surface area contributed by atoms with Crippen molar-refractivity contribution in [2.75, 3.05) is 7.11 Å². The van der Waals surface area contributed by atoms with E-state index in [1.165, 1.54) is 19.2 Å². The standard InChI is InChI=1S/C37H34FNO6/c1-22(2)9-10-27-32-29(19-31(35(27)41-5)42-21-24-7-6-8-25(38)17-24)44-30-18-28-26(11-14-37(3,4)45-28)36(33(30)34(32)40)43-20-23-12-15-39-16-13-23/h6-9,11-19H,10,20-21H2,1-5H3. The van der Waals surface area contributed by atoms with Gasteiger partial charge in [0.25, 0.3) is 0 Å². The molecule has 0 radical (unpaired) electrons. The summed E-state index contributed by atoms with van der Waals surface area (Å²) >= 11 is 0. The summed E-state index contributed by atoms with van der Waals surface area (Å²) in [5, 5.41) is 0.668. The van der Waals surface area contributed by atoms with Gasteiger partial charge in [-0.1, -0.05) is 23.8 Å². The van der Waals surface area contributed by atoms with Gasteiger partial charge in [0.15, 0.2) is 11.5 Å². The Morgan fingerprint density at radius 3 is 2.44 bits per heavy atom. The summed E-state index contributed by atoms with van der Waals surface area (Å²) < 4.78 is 45.1. The molecular weight excluding hydrogens is 573 g/mol. The summed E-state index contributed by atoms with van der Waals surface area (Å²) in [4.78, 5) is 18.7. The molecule has 0 N–H and O–H groups in total. The van der Waals surface area contributed by atoms with Gasteiger partial charge in [0, 0.05) is 30.1 Å². The lowest BCUT2D eigenvalue weighted by Crippen LogP contribution is -2.27. The number of methoxy groups -OCH3 is 1. The Balaban J connectivity index is 1.59. The molecule has 2 aromatic heterocycles. The number of hydrogen-bond donors (Lipinski definition) is 0. The maximum absolute atomic E-state index is 14.6. The van der Waals surface area contributed by atoms with Crippen LogP contribution < -0.4 is 24.4 Å². The molecular formula is C37H34FNO6. The van der Waals surface area contributed by atoms with Crippen LogP contribution in [0.1, 0.15) is 49.9 Å². The molecule has 230 valence electrons. The van der Waals surface area contributed by atoms with Gasteiger partial charge in [-0.2, -0.15) is 0 Å². The van der Waals surface area contributed by atoms with Crippen LogP contribution in [0.15, 0.2) is 87.9 Å². The SMILES string of the molecule is COc1c(OCc2cccc(F)c2)cc2oc3cc4c(c(OCc5ccncc5)c3c(=O)c2c1CC=C(C)C)C=CC(C)(C)O4. The van der Waals surface area contributed by atoms with Gasteiger partial charge >= 0.3 is 0 Å². The van der Waals surface area contributed by atoms with Gasteiger partial charge in [-0.3, -0.25) is 9.78 Å². The minimum absolute atomic E-state index is 0.0925. The van der Waals surface area contributed by atoms with Crippen LogP contribution in [0.5, 0.6) is 23.0 Å². The third-order valence-electron chi connectivity index (χ3n) is 7.59. The van der Waals surface area contributed by atoms with Gasteiger partial charge < -0.3 is 23.4 Å². The summed E-state index contributed by atoms with van der Waals surface area (Å²) in [6.07, 6.45) is 9.67. The average Bonchev–Trinajstić information content (AvgIpc) is 3.00. The number of allylic oxidation sites excluding steroid dienone is 2. The summed E-state index contributed by atoms with van der Waals surface area (Å²) in [5.74, 6) is 1.35. The molecule has 0 saturated carbocycles. The lowest BCUT2D eigenvalue weighted by atomic mass is 9.97. The number of rotatable bonds is 9. The summed E-state index contributed by atoms with van der Waals surface area (Å²) in [6, 6.07) is 13.3. The van der Waals surface area contributed by atoms with E-state index in [1.54, 1.807) is 36.7 Å². The van der Waals surface area contributed by atoms with Crippen molar-refractivity contribution in [3.8, 4) is 23.0 Å². The normalized spacial score (nSPS) is 13.3. The van der Waals surface area contributed by atoms with Gasteiger partial charge in [-0.05, 0) is 81.7 Å². The molecule has 3 aromatic carbocycles. The topological polar surface area (TPSA) is 80.0 Å². The van der Waals surface area contributed by atoms with Crippen LogP contribution in [0.25, 0.3) is 28.0 Å². The molecule has 0 saturated heterocycles. The van der Waals surface area contributed by atoms with E-state index in [1.807, 2.05) is 58.1 Å². The minimum atomic E-state index is -0.566. The first-order valence-corrected chi connectivity index (χ1v) is 14.7. The largest absolute Gasteiger partial charge is 0.493 e. The van der Waals surface area contributed by atoms with Gasteiger partial charge in [0.2, 0.25) is 5.43 Å². The quantitative estimate of drug-likeness (QED) is 0.123. The smallest absolute Gasteiger partial charge is 0.204 e. The molecule has 45 heavy (non-hydrogen) atoms. The molecule has 0 atom stereocenters. The van der Waals surface area contributed by atoms with Crippen LogP contribution in [0.3, 0.4) is 0 Å². The molecule has 0 fully saturated rings. The molecule has 8 heteroatoms. The van der Waals surface area contributed by atoms with Crippen LogP contribution in [0.2, 0.25) is 0 Å². The zero-order chi connectivity index (χ0) is 31.7. The fraction of sp³-hybridized carbons (Fsp3) is 0.243. The number of nitrogens with zero attached hydrogens (tertiary/aromatic N) is 1. The van der Waals surface area contributed by atoms with Crippen molar-refractivity contribution in [2.24, 2.45) is 0 Å². The zero-order valence-corrected chi connectivity index (χ0v) is 25.9. The Hall–Kier alpha value is -5.11. The fourth-order valence-electron chi connectivity index (χ4n) is 5.41. The van der Waals surface area contributed by atoms with Crippen LogP contribution in [0, 0.1) is 5.82 Å². The summed E-state index contributed by atoms with van der Waals surface area (Å²) in [7, 11) is 1.54. The number of fused-ring (bicyclic) bond motifs is 3. The lowest BCUT2D eigenvalue weighted by Gasteiger charge is -2.29. The van der Waals surface area contributed by atoms with E-state index in [2.05, 4.69) is 4.98 Å². The van der Waals surface area contributed by atoms with Crippen molar-refractivity contribution < 1.29 is 27.8 Å². The van der Waals surface area contributed by atoms with Crippen LogP contribution in [-0.4, -0.2) is 17.7 Å². The minimum Gasteiger partial charge on any atom is -0.493 e. The molecule has 5 aromatic rings. The van der Waals surface area contributed by atoms with Gasteiger partial charge in [-0.25, -0.2) is 4.39 Å². The van der Waals surface area contributed by atoms with Crippen molar-refractivity contribution in [1.82, 2.24) is 4.98 Å². The number of ether oxygens (including phenoxy) is 4. The Labute approximate surface area is 260 Å². The lowest BCUT2D eigenvalue weighted by molar-refractivity contribution is 0.158. The molecule has 0 amide bonds. The monoisotopic (exact) mass is 607 g/mol. The molecule has 3 heterocycles. The Kier molecular flexibility index (Phi) is 8.06. The predicted molar refractivity (Wildman–Crippen MR) is 173 cm³/mol. The third-order valence-corrected chi connectivity index (χ3v) is 7.59. The van der Waals surface area contributed by atoms with E-state index in [9.17, 15) is 9.18 Å². The van der Waals surface area contributed by atoms with E-state index >= 15 is 0 Å². The predicted octanol–water partition coefficient (Wildman–Crippen LogP) is 8.34. The molecule has 7 nitrogen and oxygen atoms in total. The first-order chi connectivity index (χ1) is 21.6. The Bertz CT molecular complexity index is 2020. The van der Waals surface area contributed by atoms with E-state index in [4.69, 9.17) is 23.4 Å². The number of aromatic nitrogens is 1. The molecule has 0 unspecified atom stereocenters. The van der Waals surface area contributed by atoms with Crippen molar-refractivity contribution in [1.29, 1.82) is 0 Å². The van der Waals surface area contributed by atoms with Crippen LogP contribution >= 0.6 is 0 Å². The highest BCUT2D eigenvalue weighted by Crippen LogP contribution is 2.44. The second kappa shape index (κ2) is 12.1. The Morgan fingerprint density at radius 1 is 0.956 bits per heavy atom. The highest BCUT2D eigenvalue weighted by molar-refractivity contribution is 5.99. The summed E-state index contributed by atoms with van der Waals surface area (Å²) in [5.41, 5.74) is 3.71. The van der Waals surface area contributed by atoms with Gasteiger partial charge in [0.1, 0.15) is 52.7 Å². The maximum atomic E-state index is 14.6. The Morgan fingerprint density at radius 2 is 1.71 bits per heavy atom. The number of halogens is 1. The van der Waals surface area contributed by atoms with E-state index in [-0.39, 0.29) is 24.5 Å². The molecule has 0 spiro atoms. The molecule has 6 rings (SSSR count). The van der Waals surface area contributed by atoms with E-state index in [0.29, 0.717) is 68.0 Å². The molecule has 0 aliphatic carbocycles. The number of pyridine rings is 1. The number of hydrogen-bond acceptors (Lipinski definition) is 7. The van der Waals surface area contributed by atoms with Gasteiger partial charge in [0.05, 0.1) is 18.1 Å². The molecule has 1 aliphatic heterocycles. The first-order valence-electron chi connectivity index (χ1n) is 14.7. The second-order valence-electron chi connectivity index (χ2n) is 11.8. The zero-order valence-electron chi connectivity index (χ0n) is 25.9. The highest BCUT2D eigenvalue weighted by atomic mass is 19.1. The average molecular weight is 608 g/mol. The van der Waals surface area contributed by atoms with Crippen molar-refractivity contribution >= 4 is 28.0 Å². The van der Waals surface area contributed by atoms with Crippen LogP contribution in [-0.2, 0) is 19.6 Å². The fourth-order valence-corrected chi connectivity index (χ4v) is 5.41. The first kappa shape index (κ1) is 29.9. The second-order valence-corrected chi connectivity index (χ2v) is 11.8. The summed E-state index contributed by atoms with van der Waals surface area (Å²) in [6.45, 7) is 8.19. The van der Waals surface area contributed by atoms with E-state index in [0.717, 1.165) is 11.1 Å². The maximum Gasteiger partial charge on any atom is 0.204 e. The van der Waals surface area contributed by atoms with Gasteiger partial charge in [-0.15, -0.1) is 0 Å². The third kappa shape index (κ3) is 6.13. The van der Waals surface area contributed by atoms with Crippen molar-refractivity contribution in [3.05, 3.63) is 117 Å². The highest BCUT2D eigenvalue weighted by Gasteiger charge is 2.29. The number of benzene rings is 3. The van der Waals surface area contributed by atoms with E-state index < -0.39 is 5.60 Å². The molecule has 0 bridgehead atoms. The van der Waals surface area contributed by atoms with Crippen molar-refractivity contribution in [2.45, 2.75) is 52.9 Å². The molecule has 1 aliphatic rings. The van der Waals surface area contributed by atoms with Crippen molar-refractivity contribution in [3.63, 3.8) is 0 Å².